The highest BCUT2D eigenvalue weighted by atomic mass is 35.5. The molecule has 2 aromatic carbocycles. The number of hydrogen-bond donors (Lipinski definition) is 1. The number of rotatable bonds is 6. The van der Waals surface area contributed by atoms with Crippen LogP contribution in [0.2, 0.25) is 5.02 Å². The lowest BCUT2D eigenvalue weighted by molar-refractivity contribution is -0.117. The second-order valence-corrected chi connectivity index (χ2v) is 8.25. The molecule has 0 aliphatic carbocycles. The molecule has 8 heteroatoms. The third-order valence-electron chi connectivity index (χ3n) is 5.65. The van der Waals surface area contributed by atoms with E-state index < -0.39 is 0 Å². The average Bonchev–Trinajstić information content (AvgIpc) is 3.21. The van der Waals surface area contributed by atoms with Gasteiger partial charge in [-0.05, 0) is 43.2 Å². The van der Waals surface area contributed by atoms with Crippen molar-refractivity contribution in [1.82, 2.24) is 19.9 Å². The van der Waals surface area contributed by atoms with E-state index >= 15 is 0 Å². The molecule has 0 radical (unpaired) electrons. The number of anilines is 1. The Hall–Kier alpha value is -2.74. The summed E-state index contributed by atoms with van der Waals surface area (Å²) in [5, 5.41) is 7.69. The van der Waals surface area contributed by atoms with Crippen molar-refractivity contribution in [3.8, 4) is 11.4 Å². The van der Waals surface area contributed by atoms with Crippen LogP contribution in [0, 0.1) is 13.8 Å². The summed E-state index contributed by atoms with van der Waals surface area (Å²) in [5.41, 5.74) is 3.93. The first-order valence-corrected chi connectivity index (χ1v) is 10.8. The van der Waals surface area contributed by atoms with E-state index in [9.17, 15) is 4.79 Å². The molecule has 4 rings (SSSR count). The Morgan fingerprint density at radius 1 is 1.06 bits per heavy atom. The van der Waals surface area contributed by atoms with E-state index in [0.29, 0.717) is 29.8 Å². The number of piperazine rings is 1. The number of halogens is 1. The van der Waals surface area contributed by atoms with E-state index in [4.69, 9.17) is 16.1 Å². The van der Waals surface area contributed by atoms with Crippen LogP contribution in [0.3, 0.4) is 0 Å². The van der Waals surface area contributed by atoms with E-state index in [-0.39, 0.29) is 5.91 Å². The van der Waals surface area contributed by atoms with Crippen LogP contribution in [0.1, 0.15) is 17.0 Å². The number of aryl methyl sites for hydroxylation is 1. The molecule has 2 heterocycles. The third kappa shape index (κ3) is 5.31. The Kier molecular flexibility index (Phi) is 6.65. The number of benzene rings is 2. The summed E-state index contributed by atoms with van der Waals surface area (Å²) in [6.07, 6.45) is 0. The summed E-state index contributed by atoms with van der Waals surface area (Å²) < 4.78 is 5.42. The maximum atomic E-state index is 12.5. The summed E-state index contributed by atoms with van der Waals surface area (Å²) in [4.78, 5) is 21.4. The highest BCUT2D eigenvalue weighted by Crippen LogP contribution is 2.25. The van der Waals surface area contributed by atoms with Gasteiger partial charge in [-0.25, -0.2) is 0 Å². The Bertz CT molecular complexity index is 1060. The predicted molar refractivity (Wildman–Crippen MR) is 121 cm³/mol. The number of hydrogen-bond acceptors (Lipinski definition) is 6. The second-order valence-electron chi connectivity index (χ2n) is 7.84. The van der Waals surface area contributed by atoms with Crippen molar-refractivity contribution in [2.24, 2.45) is 0 Å². The zero-order chi connectivity index (χ0) is 21.8. The van der Waals surface area contributed by atoms with Crippen molar-refractivity contribution < 1.29 is 9.32 Å². The first-order valence-electron chi connectivity index (χ1n) is 10.4. The van der Waals surface area contributed by atoms with Crippen molar-refractivity contribution >= 4 is 23.2 Å². The lowest BCUT2D eigenvalue weighted by Crippen LogP contribution is -2.48. The van der Waals surface area contributed by atoms with Gasteiger partial charge in [-0.1, -0.05) is 41.0 Å². The maximum absolute atomic E-state index is 12.5. The van der Waals surface area contributed by atoms with Gasteiger partial charge in [-0.15, -0.1) is 0 Å². The molecule has 0 spiro atoms. The molecular formula is C23H26ClN5O2. The zero-order valence-electron chi connectivity index (χ0n) is 17.8. The van der Waals surface area contributed by atoms with Crippen molar-refractivity contribution in [3.63, 3.8) is 0 Å². The highest BCUT2D eigenvalue weighted by Gasteiger charge is 2.21. The van der Waals surface area contributed by atoms with E-state index in [2.05, 4.69) is 25.3 Å². The first kappa shape index (κ1) is 21.5. The number of nitrogens with one attached hydrogen (secondary N) is 1. The van der Waals surface area contributed by atoms with Gasteiger partial charge in [0.1, 0.15) is 0 Å². The van der Waals surface area contributed by atoms with E-state index in [1.54, 1.807) is 0 Å². The molecule has 1 fully saturated rings. The van der Waals surface area contributed by atoms with Crippen LogP contribution in [0.15, 0.2) is 47.0 Å². The Labute approximate surface area is 187 Å². The summed E-state index contributed by atoms with van der Waals surface area (Å²) >= 11 is 6.21. The van der Waals surface area contributed by atoms with Crippen LogP contribution in [-0.4, -0.2) is 58.6 Å². The van der Waals surface area contributed by atoms with Crippen LogP contribution in [-0.2, 0) is 11.3 Å². The standard InChI is InChI=1S/C23H26ClN5O2/c1-16-6-5-9-20(17(16)2)25-21(30)14-28-10-12-29(13-11-28)15-22-26-23(27-31-22)18-7-3-4-8-19(18)24/h3-9H,10-15H2,1-2H3,(H,25,30). The minimum Gasteiger partial charge on any atom is -0.338 e. The quantitative estimate of drug-likeness (QED) is 0.630. The molecule has 1 aromatic heterocycles. The molecule has 1 aliphatic heterocycles. The van der Waals surface area contributed by atoms with Gasteiger partial charge in [0.25, 0.3) is 0 Å². The van der Waals surface area contributed by atoms with Gasteiger partial charge in [-0.3, -0.25) is 14.6 Å². The predicted octanol–water partition coefficient (Wildman–Crippen LogP) is 3.76. The smallest absolute Gasteiger partial charge is 0.241 e. The maximum Gasteiger partial charge on any atom is 0.241 e. The van der Waals surface area contributed by atoms with Crippen LogP contribution in [0.25, 0.3) is 11.4 Å². The minimum atomic E-state index is 0.0171. The van der Waals surface area contributed by atoms with Crippen LogP contribution in [0.5, 0.6) is 0 Å². The van der Waals surface area contributed by atoms with Crippen molar-refractivity contribution in [3.05, 3.63) is 64.5 Å². The largest absolute Gasteiger partial charge is 0.338 e. The molecule has 0 bridgehead atoms. The number of carbonyl (C=O) groups is 1. The topological polar surface area (TPSA) is 74.5 Å². The van der Waals surface area contributed by atoms with Gasteiger partial charge < -0.3 is 9.84 Å². The molecule has 3 aromatic rings. The average molecular weight is 440 g/mol. The lowest BCUT2D eigenvalue weighted by Gasteiger charge is -2.33. The van der Waals surface area contributed by atoms with Gasteiger partial charge >= 0.3 is 0 Å². The molecule has 1 saturated heterocycles. The molecule has 7 nitrogen and oxygen atoms in total. The number of carbonyl (C=O) groups excluding carboxylic acids is 1. The number of nitrogens with zero attached hydrogens (tertiary/aromatic N) is 4. The fraction of sp³-hybridized carbons (Fsp3) is 0.348. The SMILES string of the molecule is Cc1cccc(NC(=O)CN2CCN(Cc3nc(-c4ccccc4Cl)no3)CC2)c1C. The van der Waals surface area contributed by atoms with Crippen molar-refractivity contribution in [2.45, 2.75) is 20.4 Å². The first-order chi connectivity index (χ1) is 15.0. The minimum absolute atomic E-state index is 0.0171. The molecule has 1 aliphatic rings. The van der Waals surface area contributed by atoms with E-state index in [1.165, 1.54) is 5.56 Å². The number of aromatic nitrogens is 2. The van der Waals surface area contributed by atoms with Gasteiger partial charge in [0.05, 0.1) is 18.1 Å². The normalized spacial score (nSPS) is 15.2. The zero-order valence-corrected chi connectivity index (χ0v) is 18.5. The fourth-order valence-electron chi connectivity index (χ4n) is 3.65. The van der Waals surface area contributed by atoms with Crippen LogP contribution in [0.4, 0.5) is 5.69 Å². The second kappa shape index (κ2) is 9.60. The molecule has 0 atom stereocenters. The van der Waals surface area contributed by atoms with Crippen LogP contribution < -0.4 is 5.32 Å². The molecule has 1 N–H and O–H groups in total. The summed E-state index contributed by atoms with van der Waals surface area (Å²) in [6.45, 7) is 8.33. The molecular weight excluding hydrogens is 414 g/mol. The summed E-state index contributed by atoms with van der Waals surface area (Å²) in [6, 6.07) is 13.4. The summed E-state index contributed by atoms with van der Waals surface area (Å²) in [7, 11) is 0. The van der Waals surface area contributed by atoms with Crippen LogP contribution >= 0.6 is 11.6 Å². The van der Waals surface area contributed by atoms with Gasteiger partial charge in [0.15, 0.2) is 0 Å². The van der Waals surface area contributed by atoms with E-state index in [1.807, 2.05) is 56.3 Å². The van der Waals surface area contributed by atoms with Crippen molar-refractivity contribution in [2.75, 3.05) is 38.0 Å². The highest BCUT2D eigenvalue weighted by molar-refractivity contribution is 6.33. The fourth-order valence-corrected chi connectivity index (χ4v) is 3.87. The molecule has 31 heavy (non-hydrogen) atoms. The Morgan fingerprint density at radius 2 is 1.81 bits per heavy atom. The van der Waals surface area contributed by atoms with Crippen molar-refractivity contribution in [1.29, 1.82) is 0 Å². The number of amides is 1. The van der Waals surface area contributed by atoms with Gasteiger partial charge in [0.2, 0.25) is 17.6 Å². The monoisotopic (exact) mass is 439 g/mol. The molecule has 0 unspecified atom stereocenters. The Balaban J connectivity index is 1.26. The third-order valence-corrected chi connectivity index (χ3v) is 5.98. The van der Waals surface area contributed by atoms with Gasteiger partial charge in [0, 0.05) is 37.4 Å². The Morgan fingerprint density at radius 3 is 2.58 bits per heavy atom. The molecule has 0 saturated carbocycles. The lowest BCUT2D eigenvalue weighted by atomic mass is 10.1. The molecule has 1 amide bonds. The van der Waals surface area contributed by atoms with E-state index in [0.717, 1.165) is 43.0 Å². The van der Waals surface area contributed by atoms with Gasteiger partial charge in [-0.2, -0.15) is 4.98 Å². The summed E-state index contributed by atoms with van der Waals surface area (Å²) in [5.74, 6) is 1.09. The molecule has 162 valence electrons.